The van der Waals surface area contributed by atoms with E-state index in [0.717, 1.165) is 0 Å². The lowest BCUT2D eigenvalue weighted by atomic mass is 10.1. The van der Waals surface area contributed by atoms with Gasteiger partial charge in [-0.2, -0.15) is 0 Å². The lowest BCUT2D eigenvalue weighted by Crippen LogP contribution is -2.38. The molecule has 0 aliphatic heterocycles. The van der Waals surface area contributed by atoms with Crippen molar-refractivity contribution in [1.29, 1.82) is 0 Å². The van der Waals surface area contributed by atoms with Gasteiger partial charge in [-0.05, 0) is 32.4 Å². The Morgan fingerprint density at radius 2 is 2.15 bits per heavy atom. The van der Waals surface area contributed by atoms with Gasteiger partial charge in [-0.15, -0.1) is 0 Å². The molecule has 1 amide bonds. The highest BCUT2D eigenvalue weighted by Gasteiger charge is 2.26. The van der Waals surface area contributed by atoms with Crippen molar-refractivity contribution in [3.8, 4) is 0 Å². The zero-order valence-corrected chi connectivity index (χ0v) is 11.6. The van der Waals surface area contributed by atoms with Crippen molar-refractivity contribution < 1.29 is 14.8 Å². The Morgan fingerprint density at radius 3 is 2.65 bits per heavy atom. The van der Waals surface area contributed by atoms with Crippen molar-refractivity contribution in [3.63, 3.8) is 0 Å². The lowest BCUT2D eigenvalue weighted by molar-refractivity contribution is -0.385. The summed E-state index contributed by atoms with van der Waals surface area (Å²) in [5.41, 5.74) is 5.61. The summed E-state index contributed by atoms with van der Waals surface area (Å²) in [7, 11) is 0. The van der Waals surface area contributed by atoms with Crippen molar-refractivity contribution in [2.24, 2.45) is 0 Å². The molecule has 0 aliphatic carbocycles. The highest BCUT2D eigenvalue weighted by Crippen LogP contribution is 2.23. The number of nitrogens with two attached hydrogens (primary N) is 1. The Bertz CT molecular complexity index is 502. The fraction of sp³-hybridized carbons (Fsp3) is 0.462. The molecule has 1 aromatic carbocycles. The summed E-state index contributed by atoms with van der Waals surface area (Å²) >= 11 is 0. The molecule has 7 nitrogen and oxygen atoms in total. The largest absolute Gasteiger partial charge is 0.399 e. The third kappa shape index (κ3) is 3.67. The van der Waals surface area contributed by atoms with Gasteiger partial charge in [-0.3, -0.25) is 14.9 Å². The summed E-state index contributed by atoms with van der Waals surface area (Å²) in [5.74, 6) is -0.451. The van der Waals surface area contributed by atoms with Crippen LogP contribution in [-0.2, 0) is 0 Å². The fourth-order valence-corrected chi connectivity index (χ4v) is 1.87. The predicted molar refractivity (Wildman–Crippen MR) is 75.4 cm³/mol. The molecule has 20 heavy (non-hydrogen) atoms. The number of anilines is 1. The number of aliphatic hydroxyl groups excluding tert-OH is 1. The smallest absolute Gasteiger partial charge is 0.282 e. The first-order chi connectivity index (χ1) is 9.38. The number of rotatable bonds is 6. The van der Waals surface area contributed by atoms with Gasteiger partial charge >= 0.3 is 0 Å². The average Bonchev–Trinajstić information content (AvgIpc) is 2.38. The number of nitro groups is 1. The van der Waals surface area contributed by atoms with Crippen LogP contribution in [0.15, 0.2) is 18.2 Å². The van der Waals surface area contributed by atoms with Crippen LogP contribution in [0.1, 0.15) is 30.6 Å². The first-order valence-corrected chi connectivity index (χ1v) is 6.34. The van der Waals surface area contributed by atoms with Gasteiger partial charge in [0.1, 0.15) is 5.56 Å². The van der Waals surface area contributed by atoms with Gasteiger partial charge in [-0.25, -0.2) is 0 Å². The molecule has 7 heteroatoms. The maximum Gasteiger partial charge on any atom is 0.282 e. The number of carbonyl (C=O) groups is 1. The molecule has 0 spiro atoms. The first-order valence-electron chi connectivity index (χ1n) is 6.34. The summed E-state index contributed by atoms with van der Waals surface area (Å²) in [5, 5.41) is 19.9. The Kier molecular flexibility index (Phi) is 5.45. The van der Waals surface area contributed by atoms with E-state index < -0.39 is 10.8 Å². The van der Waals surface area contributed by atoms with Gasteiger partial charge in [0, 0.05) is 30.9 Å². The Labute approximate surface area is 117 Å². The van der Waals surface area contributed by atoms with Crippen LogP contribution in [0.2, 0.25) is 0 Å². The first kappa shape index (κ1) is 15.9. The van der Waals surface area contributed by atoms with E-state index >= 15 is 0 Å². The predicted octanol–water partition coefficient (Wildman–Crippen LogP) is 1.41. The third-order valence-electron chi connectivity index (χ3n) is 2.89. The summed E-state index contributed by atoms with van der Waals surface area (Å²) in [6.45, 7) is 3.91. The van der Waals surface area contributed by atoms with E-state index in [1.54, 1.807) is 0 Å². The van der Waals surface area contributed by atoms with Crippen LogP contribution < -0.4 is 5.73 Å². The number of nitrogens with zero attached hydrogens (tertiary/aromatic N) is 2. The minimum Gasteiger partial charge on any atom is -0.399 e. The quantitative estimate of drug-likeness (QED) is 0.465. The molecule has 0 heterocycles. The van der Waals surface area contributed by atoms with E-state index in [-0.39, 0.29) is 23.9 Å². The van der Waals surface area contributed by atoms with Crippen LogP contribution in [-0.4, -0.2) is 40.0 Å². The summed E-state index contributed by atoms with van der Waals surface area (Å²) in [6.07, 6.45) is 0.417. The molecule has 0 saturated carbocycles. The SMILES string of the molecule is CC(C)N(CCCO)C(=O)c1cc(N)ccc1[N+](=O)[O-]. The number of amides is 1. The second-order valence-electron chi connectivity index (χ2n) is 4.70. The minimum absolute atomic E-state index is 0.0263. The van der Waals surface area contributed by atoms with E-state index in [9.17, 15) is 14.9 Å². The zero-order valence-electron chi connectivity index (χ0n) is 11.6. The standard InChI is InChI=1S/C13H19N3O4/c1-9(2)15(6-3-7-17)13(18)11-8-10(14)4-5-12(11)16(19)20/h4-5,8-9,17H,3,6-7,14H2,1-2H3. The molecule has 0 fully saturated rings. The number of carbonyl (C=O) groups excluding carboxylic acids is 1. The number of nitrogen functional groups attached to an aromatic ring is 1. The van der Waals surface area contributed by atoms with Crippen molar-refractivity contribution in [1.82, 2.24) is 4.90 Å². The lowest BCUT2D eigenvalue weighted by Gasteiger charge is -2.26. The topological polar surface area (TPSA) is 110 Å². The van der Waals surface area contributed by atoms with Crippen LogP contribution in [0.4, 0.5) is 11.4 Å². The van der Waals surface area contributed by atoms with Gasteiger partial charge in [0.05, 0.1) is 4.92 Å². The van der Waals surface area contributed by atoms with E-state index in [4.69, 9.17) is 10.8 Å². The van der Waals surface area contributed by atoms with E-state index in [1.165, 1.54) is 23.1 Å². The molecule has 110 valence electrons. The van der Waals surface area contributed by atoms with E-state index in [0.29, 0.717) is 18.7 Å². The van der Waals surface area contributed by atoms with Crippen LogP contribution in [0.3, 0.4) is 0 Å². The Hall–Kier alpha value is -2.15. The Balaban J connectivity index is 3.16. The molecule has 0 bridgehead atoms. The van der Waals surface area contributed by atoms with Crippen molar-refractivity contribution >= 4 is 17.3 Å². The molecule has 0 aromatic heterocycles. The third-order valence-corrected chi connectivity index (χ3v) is 2.89. The molecule has 3 N–H and O–H groups in total. The molecule has 1 aromatic rings. The number of hydrogen-bond donors (Lipinski definition) is 2. The number of hydrogen-bond acceptors (Lipinski definition) is 5. The van der Waals surface area contributed by atoms with Gasteiger partial charge in [0.25, 0.3) is 11.6 Å². The van der Waals surface area contributed by atoms with Crippen molar-refractivity contribution in [3.05, 3.63) is 33.9 Å². The van der Waals surface area contributed by atoms with E-state index in [1.807, 2.05) is 13.8 Å². The highest BCUT2D eigenvalue weighted by molar-refractivity contribution is 5.99. The van der Waals surface area contributed by atoms with Gasteiger partial charge < -0.3 is 15.7 Å². The van der Waals surface area contributed by atoms with Gasteiger partial charge in [-0.1, -0.05) is 0 Å². The van der Waals surface area contributed by atoms with Crippen molar-refractivity contribution in [2.45, 2.75) is 26.3 Å². The molecule has 0 atom stereocenters. The van der Waals surface area contributed by atoms with Crippen LogP contribution in [0.5, 0.6) is 0 Å². The zero-order chi connectivity index (χ0) is 15.3. The Morgan fingerprint density at radius 1 is 1.50 bits per heavy atom. The normalized spacial score (nSPS) is 10.6. The molecule has 0 radical (unpaired) electrons. The van der Waals surface area contributed by atoms with Gasteiger partial charge in [0.2, 0.25) is 0 Å². The molecule has 1 rings (SSSR count). The molecular formula is C13H19N3O4. The number of benzene rings is 1. The molecule has 0 unspecified atom stereocenters. The summed E-state index contributed by atoms with van der Waals surface area (Å²) in [6, 6.07) is 3.81. The molecule has 0 saturated heterocycles. The van der Waals surface area contributed by atoms with Crippen LogP contribution in [0, 0.1) is 10.1 Å². The summed E-state index contributed by atoms with van der Waals surface area (Å²) < 4.78 is 0. The highest BCUT2D eigenvalue weighted by atomic mass is 16.6. The van der Waals surface area contributed by atoms with E-state index in [2.05, 4.69) is 0 Å². The average molecular weight is 281 g/mol. The molecule has 0 aliphatic rings. The minimum atomic E-state index is -0.600. The molecular weight excluding hydrogens is 262 g/mol. The number of nitro benzene ring substituents is 1. The van der Waals surface area contributed by atoms with Crippen molar-refractivity contribution in [2.75, 3.05) is 18.9 Å². The fourth-order valence-electron chi connectivity index (χ4n) is 1.87. The van der Waals surface area contributed by atoms with Gasteiger partial charge in [0.15, 0.2) is 0 Å². The second-order valence-corrected chi connectivity index (χ2v) is 4.70. The monoisotopic (exact) mass is 281 g/mol. The number of aliphatic hydroxyl groups is 1. The maximum absolute atomic E-state index is 12.5. The van der Waals surface area contributed by atoms with Crippen LogP contribution >= 0.6 is 0 Å². The second kappa shape index (κ2) is 6.85. The maximum atomic E-state index is 12.5. The summed E-state index contributed by atoms with van der Waals surface area (Å²) in [4.78, 5) is 24.3. The van der Waals surface area contributed by atoms with Crippen LogP contribution in [0.25, 0.3) is 0 Å².